The Morgan fingerprint density at radius 2 is 0.445 bits per heavy atom. The lowest BCUT2D eigenvalue weighted by Gasteiger charge is -2.30. The van der Waals surface area contributed by atoms with Crippen LogP contribution >= 0.6 is 0 Å². The largest absolute Gasteiger partial charge is 0.456 e. The Bertz CT molecular complexity index is 9540. The van der Waals surface area contributed by atoms with Crippen LogP contribution in [-0.2, 0) is 16.2 Å². The van der Waals surface area contributed by atoms with E-state index in [-0.39, 0.29) is 16.2 Å². The molecule has 0 unspecified atom stereocenters. The minimum Gasteiger partial charge on any atom is -0.456 e. The first kappa shape index (κ1) is 87.4. The molecule has 0 bridgehead atoms. The van der Waals surface area contributed by atoms with E-state index in [1.165, 1.54) is 106 Å². The summed E-state index contributed by atoms with van der Waals surface area (Å²) in [6.07, 6.45) is 0. The van der Waals surface area contributed by atoms with Gasteiger partial charge in [0.1, 0.15) is 33.5 Å². The van der Waals surface area contributed by atoms with Crippen LogP contribution in [0.1, 0.15) is 103 Å². The van der Waals surface area contributed by atoms with Crippen molar-refractivity contribution in [2.24, 2.45) is 0 Å². The van der Waals surface area contributed by atoms with Gasteiger partial charge in [-0.15, -0.1) is 0 Å². The standard InChI is InChI=1S/C140H105N3O3/c1-84-41-45-89(46-42-84)95-51-68-128(119(73-95)90-47-43-85(2)44-48-90)141(100-54-62-110-107-33-14-18-37-122(107)138(6,7)125(110)78-100)103-58-66-117-114-61-50-99(77-132(114)145-135(117)82-103)94-31-24-29-92(72-94)97-53-70-130(121(75-97)137-87(4)26-22-27-88(137)5)143(102-56-64-112-109-35-16-20-39-124(109)140(10,11)127(112)80-102)105-59-67-118-115-60-49-98(76-133(115)146-136(118)83-105)93-30-23-28-91(71-93)96-52-69-129(120(74-96)106-32-13-12-25-86(106)3)142(104-57-65-116-113-36-17-21-40-131(113)144-134(116)81-104)101-55-63-111-108-34-15-19-38-123(108)139(8,9)126(111)79-101/h12-83H,1-11H3. The van der Waals surface area contributed by atoms with E-state index in [9.17, 15) is 0 Å². The Morgan fingerprint density at radius 3 is 0.884 bits per heavy atom. The van der Waals surface area contributed by atoms with Crippen LogP contribution in [0, 0.1) is 34.6 Å². The maximum absolute atomic E-state index is 7.29. The summed E-state index contributed by atoms with van der Waals surface area (Å²) in [4.78, 5) is 7.38. The van der Waals surface area contributed by atoms with Gasteiger partial charge in [0.2, 0.25) is 0 Å². The summed E-state index contributed by atoms with van der Waals surface area (Å²) in [5.41, 5.74) is 53.3. The first-order chi connectivity index (χ1) is 71.1. The Balaban J connectivity index is 0.546. The minimum absolute atomic E-state index is 0.214. The maximum atomic E-state index is 7.29. The Hall–Kier alpha value is -17.6. The molecule has 24 aromatic rings. The van der Waals surface area contributed by atoms with Crippen molar-refractivity contribution in [3.8, 4) is 122 Å². The zero-order valence-electron chi connectivity index (χ0n) is 83.6. The third kappa shape index (κ3) is 14.2. The number of fused-ring (bicyclic) bond motifs is 18. The molecule has 3 aliphatic rings. The third-order valence-corrected chi connectivity index (χ3v) is 32.2. The molecule has 0 amide bonds. The van der Waals surface area contributed by atoms with Gasteiger partial charge in [0.25, 0.3) is 0 Å². The van der Waals surface area contributed by atoms with E-state index in [4.69, 9.17) is 13.3 Å². The summed E-state index contributed by atoms with van der Waals surface area (Å²) >= 11 is 0. The zero-order valence-corrected chi connectivity index (χ0v) is 83.6. The molecule has 0 radical (unpaired) electrons. The Labute approximate surface area is 851 Å². The van der Waals surface area contributed by atoms with E-state index in [1.807, 2.05) is 6.07 Å². The highest BCUT2D eigenvalue weighted by molar-refractivity contribution is 6.11. The van der Waals surface area contributed by atoms with E-state index < -0.39 is 0 Å². The fraction of sp³-hybridized carbons (Fsp3) is 0.100. The van der Waals surface area contributed by atoms with Gasteiger partial charge in [-0.1, -0.05) is 320 Å². The topological polar surface area (TPSA) is 49.1 Å². The molecule has 0 spiro atoms. The summed E-state index contributed by atoms with van der Waals surface area (Å²) in [5, 5.41) is 6.42. The van der Waals surface area contributed by atoms with Crippen LogP contribution in [0.5, 0.6) is 0 Å². The quantitative estimate of drug-likeness (QED) is 0.0905. The van der Waals surface area contributed by atoms with Gasteiger partial charge in [-0.2, -0.15) is 0 Å². The number of benzene rings is 21. The van der Waals surface area contributed by atoms with Crippen LogP contribution in [0.25, 0.3) is 188 Å². The number of aryl methyl sites for hydroxylation is 5. The van der Waals surface area contributed by atoms with Gasteiger partial charge in [0.05, 0.1) is 17.1 Å². The predicted octanol–water partition coefficient (Wildman–Crippen LogP) is 39.6. The highest BCUT2D eigenvalue weighted by atomic mass is 16.3. The smallest absolute Gasteiger partial charge is 0.137 e. The van der Waals surface area contributed by atoms with Crippen LogP contribution in [-0.4, -0.2) is 0 Å². The van der Waals surface area contributed by atoms with Crippen LogP contribution in [0.3, 0.4) is 0 Å². The summed E-state index contributed by atoms with van der Waals surface area (Å²) in [6, 6.07) is 163. The normalized spacial score (nSPS) is 13.3. The third-order valence-electron chi connectivity index (χ3n) is 32.2. The second kappa shape index (κ2) is 33.5. The van der Waals surface area contributed by atoms with Crippen LogP contribution < -0.4 is 14.7 Å². The molecular weight excluding hydrogens is 1770 g/mol. The first-order valence-corrected chi connectivity index (χ1v) is 51.0. The van der Waals surface area contributed by atoms with Crippen LogP contribution in [0.2, 0.25) is 0 Å². The molecule has 27 rings (SSSR count). The minimum atomic E-state index is -0.265. The second-order valence-electron chi connectivity index (χ2n) is 42.1. The SMILES string of the molecule is Cc1ccc(-c2ccc(N(c3ccc4c(c3)C(C)(C)c3ccccc3-4)c3ccc4c(c3)oc3cc(-c5cccc(-c6ccc(N(c7ccc8c(c7)C(C)(C)c7ccccc7-8)c7ccc8c(c7)oc7cc(-c9cccc(-c%10ccc(N(c%11ccc%12c(c%11)C(C)(C)c%11ccccc%11-%12)c%11ccc%12c(c%11)oc%11ccccc%11%12)c(-c%11ccccc%11C)c%10)c9)ccc78)c(-c7c(C)cccc7C)c6)c5)ccc34)c(-c3ccc(C)cc3)c2)cc1. The number of hydrogen-bond acceptors (Lipinski definition) is 6. The van der Waals surface area contributed by atoms with Crippen LogP contribution in [0.4, 0.5) is 51.2 Å². The van der Waals surface area contributed by atoms with Gasteiger partial charge in [-0.3, -0.25) is 0 Å². The number of furan rings is 3. The maximum Gasteiger partial charge on any atom is 0.137 e. The van der Waals surface area contributed by atoms with Gasteiger partial charge in [0, 0.05) is 118 Å². The van der Waals surface area contributed by atoms with E-state index in [2.05, 4.69) is 522 Å². The lowest BCUT2D eigenvalue weighted by Crippen LogP contribution is -2.17. The number of para-hydroxylation sites is 1. The Kier molecular flexibility index (Phi) is 20.1. The highest BCUT2D eigenvalue weighted by Gasteiger charge is 2.41. The van der Waals surface area contributed by atoms with Crippen molar-refractivity contribution in [1.82, 2.24) is 0 Å². The van der Waals surface area contributed by atoms with Crippen LogP contribution in [0.15, 0.2) is 450 Å². The summed E-state index contributed by atoms with van der Waals surface area (Å²) in [7, 11) is 0. The number of nitrogens with zero attached hydrogens (tertiary/aromatic N) is 3. The lowest BCUT2D eigenvalue weighted by atomic mass is 9.82. The fourth-order valence-corrected chi connectivity index (χ4v) is 24.5. The van der Waals surface area contributed by atoms with Gasteiger partial charge in [-0.05, 0) is 342 Å². The summed E-state index contributed by atoms with van der Waals surface area (Å²) < 4.78 is 21.2. The number of rotatable bonds is 17. The molecular formula is C140H105N3O3. The van der Waals surface area contributed by atoms with E-state index >= 15 is 0 Å². The molecule has 0 saturated heterocycles. The molecule has 698 valence electrons. The molecule has 6 heteroatoms. The van der Waals surface area contributed by atoms with Gasteiger partial charge < -0.3 is 28.0 Å². The first-order valence-electron chi connectivity index (χ1n) is 51.0. The molecule has 6 nitrogen and oxygen atoms in total. The molecule has 3 aromatic heterocycles. The molecule has 0 fully saturated rings. The van der Waals surface area contributed by atoms with E-state index in [0.29, 0.717) is 0 Å². The van der Waals surface area contributed by atoms with Crippen molar-refractivity contribution in [2.45, 2.75) is 92.4 Å². The molecule has 0 N–H and O–H groups in total. The number of hydrogen-bond donors (Lipinski definition) is 0. The van der Waals surface area contributed by atoms with Crippen molar-refractivity contribution in [3.63, 3.8) is 0 Å². The van der Waals surface area contributed by atoms with Crippen molar-refractivity contribution in [1.29, 1.82) is 0 Å². The average Bonchev–Trinajstić information content (AvgIpc) is 1.57. The zero-order chi connectivity index (χ0) is 98.4. The fourth-order valence-electron chi connectivity index (χ4n) is 24.5. The van der Waals surface area contributed by atoms with Crippen molar-refractivity contribution >= 4 is 117 Å². The highest BCUT2D eigenvalue weighted by Crippen LogP contribution is 2.58. The average molecular weight is 1880 g/mol. The molecule has 21 aromatic carbocycles. The van der Waals surface area contributed by atoms with Gasteiger partial charge in [0.15, 0.2) is 0 Å². The molecule has 3 aliphatic carbocycles. The summed E-state index contributed by atoms with van der Waals surface area (Å²) in [5.74, 6) is 0. The molecule has 3 heterocycles. The van der Waals surface area contributed by atoms with Gasteiger partial charge >= 0.3 is 0 Å². The Morgan fingerprint density at radius 1 is 0.164 bits per heavy atom. The molecule has 0 aliphatic heterocycles. The molecule has 0 saturated carbocycles. The summed E-state index contributed by atoms with van der Waals surface area (Å²) in [6.45, 7) is 25.3. The monoisotopic (exact) mass is 1880 g/mol. The van der Waals surface area contributed by atoms with Crippen molar-refractivity contribution < 1.29 is 13.3 Å². The molecule has 146 heavy (non-hydrogen) atoms. The predicted molar refractivity (Wildman–Crippen MR) is 612 cm³/mol. The molecule has 0 atom stereocenters. The van der Waals surface area contributed by atoms with Gasteiger partial charge in [-0.25, -0.2) is 0 Å². The second-order valence-corrected chi connectivity index (χ2v) is 42.1. The van der Waals surface area contributed by atoms with Crippen molar-refractivity contribution in [3.05, 3.63) is 498 Å². The van der Waals surface area contributed by atoms with E-state index in [0.717, 1.165) is 195 Å². The lowest BCUT2D eigenvalue weighted by molar-refractivity contribution is 0.660. The van der Waals surface area contributed by atoms with E-state index in [1.54, 1.807) is 0 Å². The number of anilines is 9. The van der Waals surface area contributed by atoms with Crippen molar-refractivity contribution in [2.75, 3.05) is 14.7 Å².